The molecule has 2 fully saturated rings. The zero-order chi connectivity index (χ0) is 21.1. The van der Waals surface area contributed by atoms with Gasteiger partial charge in [0, 0.05) is 25.2 Å². The lowest BCUT2D eigenvalue weighted by Crippen LogP contribution is -2.51. The van der Waals surface area contributed by atoms with Gasteiger partial charge in [0.15, 0.2) is 16.6 Å². The van der Waals surface area contributed by atoms with Crippen molar-refractivity contribution in [2.75, 3.05) is 27.3 Å². The van der Waals surface area contributed by atoms with E-state index in [-0.39, 0.29) is 5.91 Å². The Bertz CT molecular complexity index is 931. The number of nitrogens with one attached hydrogen (secondary N) is 1. The Morgan fingerprint density at radius 2 is 1.77 bits per heavy atom. The Morgan fingerprint density at radius 3 is 2.43 bits per heavy atom. The molecule has 1 aliphatic carbocycles. The van der Waals surface area contributed by atoms with Gasteiger partial charge in [-0.3, -0.25) is 14.8 Å². The van der Waals surface area contributed by atoms with Gasteiger partial charge in [-0.15, -0.1) is 0 Å². The third-order valence-electron chi connectivity index (χ3n) is 5.90. The summed E-state index contributed by atoms with van der Waals surface area (Å²) in [6.07, 6.45) is 2.68. The molecule has 0 aromatic heterocycles. The van der Waals surface area contributed by atoms with Crippen LogP contribution in [0.25, 0.3) is 0 Å². The molecule has 1 aliphatic heterocycles. The number of benzene rings is 2. The highest BCUT2D eigenvalue weighted by Gasteiger charge is 2.54. The third-order valence-corrected chi connectivity index (χ3v) is 6.26. The molecule has 1 N–H and O–H groups in total. The smallest absolute Gasteiger partial charge is 0.251 e. The van der Waals surface area contributed by atoms with Crippen LogP contribution < -0.4 is 14.8 Å². The van der Waals surface area contributed by atoms with E-state index in [0.29, 0.717) is 29.7 Å². The largest absolute Gasteiger partial charge is 0.493 e. The number of amides is 1. The second kappa shape index (κ2) is 8.52. The molecule has 158 valence electrons. The Balaban J connectivity index is 1.45. The van der Waals surface area contributed by atoms with Gasteiger partial charge in [0.25, 0.3) is 5.91 Å². The van der Waals surface area contributed by atoms with Crippen LogP contribution >= 0.6 is 12.2 Å². The Morgan fingerprint density at radius 1 is 1.03 bits per heavy atom. The number of hydrogen-bond acceptors (Lipinski definition) is 4. The predicted octanol–water partition coefficient (Wildman–Crippen LogP) is 3.26. The number of thiocarbonyl (C=S) groups is 1. The monoisotopic (exact) mass is 425 g/mol. The van der Waals surface area contributed by atoms with E-state index in [1.54, 1.807) is 14.2 Å². The maximum atomic E-state index is 13.5. The van der Waals surface area contributed by atoms with Gasteiger partial charge in [-0.25, -0.2) is 0 Å². The van der Waals surface area contributed by atoms with Crippen LogP contribution in [-0.2, 0) is 16.8 Å². The third kappa shape index (κ3) is 3.69. The number of ether oxygens (including phenoxy) is 2. The van der Waals surface area contributed by atoms with E-state index in [1.165, 1.54) is 0 Å². The molecule has 2 aromatic carbocycles. The van der Waals surface area contributed by atoms with Crippen molar-refractivity contribution in [2.24, 2.45) is 0 Å². The van der Waals surface area contributed by atoms with Crippen LogP contribution in [-0.4, -0.2) is 48.3 Å². The Kier molecular flexibility index (Phi) is 5.81. The maximum Gasteiger partial charge on any atom is 0.251 e. The lowest BCUT2D eigenvalue weighted by atomic mass is 9.95. The van der Waals surface area contributed by atoms with Gasteiger partial charge in [0.1, 0.15) is 0 Å². The molecule has 0 unspecified atom stereocenters. The highest BCUT2D eigenvalue weighted by atomic mass is 32.1. The first kappa shape index (κ1) is 20.5. The number of para-hydroxylation sites is 1. The van der Waals surface area contributed by atoms with Gasteiger partial charge >= 0.3 is 0 Å². The second-order valence-corrected chi connectivity index (χ2v) is 8.05. The Hall–Kier alpha value is -2.80. The molecule has 0 bridgehead atoms. The van der Waals surface area contributed by atoms with E-state index in [9.17, 15) is 4.79 Å². The molecule has 1 heterocycles. The normalized spacial score (nSPS) is 16.9. The zero-order valence-electron chi connectivity index (χ0n) is 17.4. The van der Waals surface area contributed by atoms with Crippen LogP contribution in [0, 0.1) is 0 Å². The van der Waals surface area contributed by atoms with Crippen molar-refractivity contribution in [1.82, 2.24) is 15.3 Å². The molecule has 0 spiro atoms. The van der Waals surface area contributed by atoms with E-state index >= 15 is 0 Å². The van der Waals surface area contributed by atoms with E-state index in [1.807, 2.05) is 46.4 Å². The van der Waals surface area contributed by atoms with E-state index in [2.05, 4.69) is 17.4 Å². The molecule has 1 saturated carbocycles. The average molecular weight is 426 g/mol. The van der Waals surface area contributed by atoms with E-state index < -0.39 is 5.41 Å². The number of methoxy groups -OCH3 is 2. The fraction of sp³-hybridized carbons (Fsp3) is 0.391. The molecular weight excluding hydrogens is 398 g/mol. The number of rotatable bonds is 6. The van der Waals surface area contributed by atoms with Gasteiger partial charge in [0.05, 0.1) is 19.6 Å². The minimum absolute atomic E-state index is 0.148. The van der Waals surface area contributed by atoms with Crippen LogP contribution in [0.1, 0.15) is 30.4 Å². The van der Waals surface area contributed by atoms with Gasteiger partial charge in [-0.2, -0.15) is 0 Å². The zero-order valence-corrected chi connectivity index (χ0v) is 18.2. The molecule has 6 nitrogen and oxygen atoms in total. The highest BCUT2D eigenvalue weighted by molar-refractivity contribution is 7.80. The first-order valence-corrected chi connectivity index (χ1v) is 10.6. The van der Waals surface area contributed by atoms with Crippen molar-refractivity contribution >= 4 is 23.2 Å². The minimum Gasteiger partial charge on any atom is -0.493 e. The number of nitrogens with zero attached hydrogens (tertiary/aromatic N) is 2. The summed E-state index contributed by atoms with van der Waals surface area (Å²) in [6, 6.07) is 15.8. The maximum absolute atomic E-state index is 13.5. The Labute approximate surface area is 182 Å². The van der Waals surface area contributed by atoms with E-state index in [0.717, 1.165) is 36.9 Å². The van der Waals surface area contributed by atoms with Gasteiger partial charge in [0.2, 0.25) is 0 Å². The SMILES string of the molecule is COc1cccc(CNC(=S)N2CCCN2C(=O)C2(c3ccccc3)CC2)c1OC. The number of hydrazine groups is 1. The van der Waals surface area contributed by atoms with Crippen LogP contribution in [0.3, 0.4) is 0 Å². The van der Waals surface area contributed by atoms with Gasteiger partial charge in [-0.05, 0) is 43.1 Å². The topological polar surface area (TPSA) is 54.0 Å². The molecule has 2 aromatic rings. The first-order valence-electron chi connectivity index (χ1n) is 10.2. The summed E-state index contributed by atoms with van der Waals surface area (Å²) in [6.45, 7) is 1.91. The van der Waals surface area contributed by atoms with Crippen molar-refractivity contribution in [3.8, 4) is 11.5 Å². The summed E-state index contributed by atoms with van der Waals surface area (Å²) in [5.41, 5.74) is 1.65. The average Bonchev–Trinajstić information content (AvgIpc) is 3.46. The molecule has 2 aliphatic rings. The summed E-state index contributed by atoms with van der Waals surface area (Å²) >= 11 is 5.66. The summed E-state index contributed by atoms with van der Waals surface area (Å²) in [5.74, 6) is 1.51. The summed E-state index contributed by atoms with van der Waals surface area (Å²) in [7, 11) is 3.24. The standard InChI is InChI=1S/C23H27N3O3S/c1-28-19-11-6-8-17(20(19)29-2)16-24-22(30)26-15-7-14-25(26)21(27)23(12-13-23)18-9-4-3-5-10-18/h3-6,8-11H,7,12-16H2,1-2H3,(H,24,30). The van der Waals surface area contributed by atoms with Gasteiger partial charge < -0.3 is 14.8 Å². The molecule has 0 atom stereocenters. The fourth-order valence-corrected chi connectivity index (χ4v) is 4.41. The van der Waals surface area contributed by atoms with Crippen LogP contribution in [0.4, 0.5) is 0 Å². The van der Waals surface area contributed by atoms with Crippen molar-refractivity contribution < 1.29 is 14.3 Å². The van der Waals surface area contributed by atoms with E-state index in [4.69, 9.17) is 21.7 Å². The quantitative estimate of drug-likeness (QED) is 0.717. The molecule has 1 amide bonds. The molecule has 0 radical (unpaired) electrons. The summed E-state index contributed by atoms with van der Waals surface area (Å²) in [5, 5.41) is 7.58. The van der Waals surface area contributed by atoms with Crippen LogP contribution in [0.2, 0.25) is 0 Å². The number of hydrogen-bond donors (Lipinski definition) is 1. The highest BCUT2D eigenvalue weighted by Crippen LogP contribution is 2.50. The van der Waals surface area contributed by atoms with Gasteiger partial charge in [-0.1, -0.05) is 42.5 Å². The van der Waals surface area contributed by atoms with Crippen molar-refractivity contribution in [3.63, 3.8) is 0 Å². The molecular formula is C23H27N3O3S. The summed E-state index contributed by atoms with van der Waals surface area (Å²) < 4.78 is 10.9. The number of carbonyl (C=O) groups excluding carboxylic acids is 1. The van der Waals surface area contributed by atoms with Crippen molar-refractivity contribution in [2.45, 2.75) is 31.2 Å². The van der Waals surface area contributed by atoms with Crippen molar-refractivity contribution in [1.29, 1.82) is 0 Å². The molecule has 7 heteroatoms. The second-order valence-electron chi connectivity index (χ2n) is 7.66. The molecule has 4 rings (SSSR count). The fourth-order valence-electron chi connectivity index (χ4n) is 4.14. The number of carbonyl (C=O) groups is 1. The summed E-state index contributed by atoms with van der Waals surface area (Å²) in [4.78, 5) is 13.5. The van der Waals surface area contributed by atoms with Crippen LogP contribution in [0.15, 0.2) is 48.5 Å². The predicted molar refractivity (Wildman–Crippen MR) is 119 cm³/mol. The van der Waals surface area contributed by atoms with Crippen LogP contribution in [0.5, 0.6) is 11.5 Å². The molecule has 1 saturated heterocycles. The lowest BCUT2D eigenvalue weighted by molar-refractivity contribution is -0.141. The molecule has 30 heavy (non-hydrogen) atoms. The first-order chi connectivity index (χ1) is 14.6. The minimum atomic E-state index is -0.393. The lowest BCUT2D eigenvalue weighted by Gasteiger charge is -2.33. The van der Waals surface area contributed by atoms with Crippen molar-refractivity contribution in [3.05, 3.63) is 59.7 Å².